The molecule has 0 saturated carbocycles. The predicted octanol–water partition coefficient (Wildman–Crippen LogP) is 7.16. The van der Waals surface area contributed by atoms with E-state index in [-0.39, 0.29) is 32.0 Å². The minimum atomic E-state index is -1.07. The van der Waals surface area contributed by atoms with Crippen LogP contribution in [0.2, 0.25) is 0 Å². The number of nitrogens with zero attached hydrogens (tertiary/aromatic N) is 7. The summed E-state index contributed by atoms with van der Waals surface area (Å²) in [6.07, 6.45) is -1.12. The molecule has 364 valence electrons. The molecule has 70 heavy (non-hydrogen) atoms. The van der Waals surface area contributed by atoms with Crippen molar-refractivity contribution in [3.8, 4) is 26.6 Å². The predicted molar refractivity (Wildman–Crippen MR) is 269 cm³/mol. The van der Waals surface area contributed by atoms with E-state index in [9.17, 15) is 34.2 Å². The van der Waals surface area contributed by atoms with Crippen LogP contribution in [0.4, 0.5) is 0 Å². The number of nitrogens with one attached hydrogen (secondary N) is 2. The molecule has 4 amide bonds. The zero-order valence-corrected chi connectivity index (χ0v) is 42.2. The highest BCUT2D eigenvalue weighted by Crippen LogP contribution is 2.40. The van der Waals surface area contributed by atoms with E-state index in [1.807, 2.05) is 99.8 Å². The number of carbonyl (C=O) groups is 5. The zero-order chi connectivity index (χ0) is 50.3. The smallest absolute Gasteiger partial charge is 0.306 e. The number of thiazole rings is 1. The van der Waals surface area contributed by atoms with E-state index in [1.54, 1.807) is 61.1 Å². The number of aryl methyl sites for hydroxylation is 3. The third-order valence-corrected chi connectivity index (χ3v) is 15.2. The molecule has 16 nitrogen and oxygen atoms in total. The van der Waals surface area contributed by atoms with Crippen molar-refractivity contribution in [2.75, 3.05) is 20.1 Å². The molecule has 0 radical (unpaired) electrons. The molecule has 0 aliphatic carbocycles. The molecule has 6 aromatic rings. The summed E-state index contributed by atoms with van der Waals surface area (Å²) in [6.45, 7) is 14.8. The Hall–Kier alpha value is -6.89. The lowest BCUT2D eigenvalue weighted by Gasteiger charge is -2.36. The lowest BCUT2D eigenvalue weighted by atomic mass is 9.85. The number of hydrogen-bond acceptors (Lipinski definition) is 12. The number of aliphatic hydroxyl groups is 1. The molecule has 5 heterocycles. The Kier molecular flexibility index (Phi) is 14.0. The van der Waals surface area contributed by atoms with Crippen molar-refractivity contribution in [2.45, 2.75) is 98.5 Å². The Bertz CT molecular complexity index is 3000. The lowest BCUT2D eigenvalue weighted by Crippen LogP contribution is -2.58. The molecule has 4 N–H and O–H groups in total. The fourth-order valence-electron chi connectivity index (χ4n) is 9.05. The molecule has 0 unspecified atom stereocenters. The van der Waals surface area contributed by atoms with Crippen molar-refractivity contribution in [3.63, 3.8) is 0 Å². The van der Waals surface area contributed by atoms with Gasteiger partial charge in [0.15, 0.2) is 5.82 Å². The molecule has 18 heteroatoms. The standard InChI is InChI=1S/C52H57N9O7S2/c1-27-30(4)70-51-43(27)44(55-39(23-42(64)65)47-58-57-31(5)61(47)51)35-16-12-33(13-17-35)34-14-20-37(21-15-34)49(67)59(9)25-41(63)56-46(52(6,7)8)50(68)60-24-38(62)22-40(60)48(66)54-28(2)32-10-18-36(19-11-32)45-29(3)53-26-69-45/h10-21,26,28,38-40,46,62H,22-25H2,1-9H3,(H,54,66)(H,56,63)(H,64,65)/t28-,38+,39-,40-,46+/m0/s1. The SMILES string of the molecule is Cc1ncsc1-c1ccc([C@H](C)NC(=O)[C@@H]2C[C@@H](O)CN2C(=O)[C@@H](NC(=O)CN(C)C(=O)c2ccc(-c3ccc(C4=N[C@@H](CC(=O)O)c5nnc(C)n5-c5sc(C)c(C)c54)cc3)cc2)C(C)(C)C)cc1. The fraction of sp³-hybridized carbons (Fsp3) is 0.365. The van der Waals surface area contributed by atoms with Gasteiger partial charge < -0.3 is 30.6 Å². The number of carboxylic acids is 1. The molecular weight excluding hydrogens is 927 g/mol. The van der Waals surface area contributed by atoms with Crippen LogP contribution in [-0.4, -0.2) is 113 Å². The summed E-state index contributed by atoms with van der Waals surface area (Å²) < 4.78 is 1.92. The number of amides is 4. The third-order valence-electron chi connectivity index (χ3n) is 13.0. The Labute approximate surface area is 414 Å². The van der Waals surface area contributed by atoms with Crippen LogP contribution in [0, 0.1) is 33.1 Å². The monoisotopic (exact) mass is 983 g/mol. The molecule has 2 aliphatic rings. The second-order valence-corrected chi connectivity index (χ2v) is 21.3. The largest absolute Gasteiger partial charge is 0.481 e. The van der Waals surface area contributed by atoms with Gasteiger partial charge in [-0.05, 0) is 80.0 Å². The van der Waals surface area contributed by atoms with Gasteiger partial charge in [-0.15, -0.1) is 32.9 Å². The van der Waals surface area contributed by atoms with Gasteiger partial charge in [0.1, 0.15) is 29.0 Å². The van der Waals surface area contributed by atoms with E-state index in [2.05, 4.69) is 25.8 Å². The first-order valence-electron chi connectivity index (χ1n) is 23.1. The maximum atomic E-state index is 14.3. The number of aliphatic hydroxyl groups excluding tert-OH is 1. The highest BCUT2D eigenvalue weighted by atomic mass is 32.1. The second kappa shape index (κ2) is 19.8. The van der Waals surface area contributed by atoms with Crippen molar-refractivity contribution in [1.29, 1.82) is 0 Å². The molecule has 8 rings (SSSR count). The van der Waals surface area contributed by atoms with Crippen molar-refractivity contribution in [1.82, 2.24) is 40.2 Å². The average molecular weight is 984 g/mol. The number of likely N-dealkylation sites (N-methyl/N-ethyl adjacent to an activating group) is 1. The van der Waals surface area contributed by atoms with Gasteiger partial charge in [0.2, 0.25) is 17.7 Å². The van der Waals surface area contributed by atoms with Gasteiger partial charge in [-0.1, -0.05) is 81.4 Å². The number of benzene rings is 3. The number of carbonyl (C=O) groups excluding carboxylic acids is 4. The Balaban J connectivity index is 0.908. The molecule has 0 spiro atoms. The normalized spacial score (nSPS) is 17.4. The summed E-state index contributed by atoms with van der Waals surface area (Å²) in [5.74, 6) is -1.72. The lowest BCUT2D eigenvalue weighted by molar-refractivity contribution is -0.144. The van der Waals surface area contributed by atoms with Crippen LogP contribution in [-0.2, 0) is 19.2 Å². The summed E-state index contributed by atoms with van der Waals surface area (Å²) in [4.78, 5) is 81.5. The van der Waals surface area contributed by atoms with E-state index in [1.165, 1.54) is 16.8 Å². The van der Waals surface area contributed by atoms with Crippen LogP contribution in [0.15, 0.2) is 83.3 Å². The molecule has 3 aromatic heterocycles. The summed E-state index contributed by atoms with van der Waals surface area (Å²) in [5, 5.41) is 35.9. The van der Waals surface area contributed by atoms with E-state index in [4.69, 9.17) is 4.99 Å². The molecular formula is C52H57N9O7S2. The quantitative estimate of drug-likeness (QED) is 0.0917. The molecule has 2 aliphatic heterocycles. The van der Waals surface area contributed by atoms with E-state index >= 15 is 0 Å². The number of carboxylic acid groups (broad SMARTS) is 1. The van der Waals surface area contributed by atoms with Gasteiger partial charge in [0.25, 0.3) is 5.91 Å². The second-order valence-electron chi connectivity index (χ2n) is 19.2. The van der Waals surface area contributed by atoms with Gasteiger partial charge in [-0.3, -0.25) is 33.5 Å². The Morgan fingerprint density at radius 1 is 0.871 bits per heavy atom. The number of β-amino-alcohol motifs (C(OH)–C–C–N with tert-alkyl or cyclic N) is 1. The molecule has 5 atom stereocenters. The first-order chi connectivity index (χ1) is 33.2. The van der Waals surface area contributed by atoms with Crippen LogP contribution >= 0.6 is 22.7 Å². The van der Waals surface area contributed by atoms with Gasteiger partial charge in [0, 0.05) is 41.6 Å². The van der Waals surface area contributed by atoms with Crippen molar-refractivity contribution in [3.05, 3.63) is 128 Å². The number of likely N-dealkylation sites (tertiary alicyclic amines) is 1. The number of aliphatic imine (C=N–C) groups is 1. The number of rotatable bonds is 13. The van der Waals surface area contributed by atoms with E-state index in [0.717, 1.165) is 59.4 Å². The number of aliphatic carboxylic acids is 1. The van der Waals surface area contributed by atoms with Crippen LogP contribution < -0.4 is 10.6 Å². The molecule has 3 aromatic carbocycles. The van der Waals surface area contributed by atoms with Crippen LogP contribution in [0.1, 0.15) is 107 Å². The van der Waals surface area contributed by atoms with Crippen molar-refractivity contribution in [2.24, 2.45) is 10.4 Å². The van der Waals surface area contributed by atoms with Gasteiger partial charge >= 0.3 is 5.97 Å². The number of aromatic nitrogens is 4. The number of thiophene rings is 1. The molecule has 1 saturated heterocycles. The summed E-state index contributed by atoms with van der Waals surface area (Å²) in [7, 11) is 1.51. The van der Waals surface area contributed by atoms with Gasteiger partial charge in [0.05, 0.1) is 46.9 Å². The fourth-order valence-corrected chi connectivity index (χ4v) is 11.1. The zero-order valence-electron chi connectivity index (χ0n) is 40.6. The van der Waals surface area contributed by atoms with Crippen LogP contribution in [0.5, 0.6) is 0 Å². The minimum Gasteiger partial charge on any atom is -0.481 e. The van der Waals surface area contributed by atoms with Crippen LogP contribution in [0.25, 0.3) is 26.6 Å². The van der Waals surface area contributed by atoms with Crippen molar-refractivity contribution < 1.29 is 34.2 Å². The van der Waals surface area contributed by atoms with Crippen LogP contribution in [0.3, 0.4) is 0 Å². The van der Waals surface area contributed by atoms with E-state index < -0.39 is 59.2 Å². The van der Waals surface area contributed by atoms with Crippen molar-refractivity contribution >= 4 is 58.0 Å². The number of fused-ring (bicyclic) bond motifs is 3. The molecule has 0 bridgehead atoms. The van der Waals surface area contributed by atoms with Gasteiger partial charge in [-0.25, -0.2) is 4.98 Å². The first-order valence-corrected chi connectivity index (χ1v) is 24.8. The average Bonchev–Trinajstić information content (AvgIpc) is 4.09. The highest BCUT2D eigenvalue weighted by Gasteiger charge is 2.45. The minimum absolute atomic E-state index is 0.0497. The summed E-state index contributed by atoms with van der Waals surface area (Å²) in [6, 6.07) is 19.6. The van der Waals surface area contributed by atoms with Gasteiger partial charge in [-0.2, -0.15) is 0 Å². The maximum Gasteiger partial charge on any atom is 0.306 e. The Morgan fingerprint density at radius 3 is 2.11 bits per heavy atom. The first kappa shape index (κ1) is 49.5. The highest BCUT2D eigenvalue weighted by molar-refractivity contribution is 7.15. The third kappa shape index (κ3) is 10.1. The Morgan fingerprint density at radius 2 is 1.50 bits per heavy atom. The molecule has 1 fully saturated rings. The topological polar surface area (TPSA) is 212 Å². The maximum absolute atomic E-state index is 14.3. The number of hydrogen-bond donors (Lipinski definition) is 4. The summed E-state index contributed by atoms with van der Waals surface area (Å²) in [5.41, 5.74) is 9.41. The van der Waals surface area contributed by atoms with E-state index in [0.29, 0.717) is 22.9 Å². The summed E-state index contributed by atoms with van der Waals surface area (Å²) >= 11 is 3.16.